The molecule has 0 atom stereocenters. The van der Waals surface area contributed by atoms with Crippen LogP contribution in [0.2, 0.25) is 0 Å². The number of hydrogen-bond donors (Lipinski definition) is 0. The van der Waals surface area contributed by atoms with Crippen molar-refractivity contribution in [3.8, 4) is 0 Å². The fourth-order valence-corrected chi connectivity index (χ4v) is 4.78. The normalized spacial score (nSPS) is 34.5. The molecule has 4 heteroatoms. The SMILES string of the molecule is CC(C)C1CCC(C)(OC(=O)CC(=O)OC2(C)CCC(C(C)C)CC2)CC1. The van der Waals surface area contributed by atoms with E-state index >= 15 is 0 Å². The molecule has 2 fully saturated rings. The van der Waals surface area contributed by atoms with Crippen LogP contribution >= 0.6 is 0 Å². The van der Waals surface area contributed by atoms with Gasteiger partial charge in [-0.1, -0.05) is 27.7 Å². The van der Waals surface area contributed by atoms with E-state index in [0.29, 0.717) is 23.7 Å². The summed E-state index contributed by atoms with van der Waals surface area (Å²) in [6, 6.07) is 0. The molecule has 2 rings (SSSR count). The van der Waals surface area contributed by atoms with Gasteiger partial charge in [-0.25, -0.2) is 0 Å². The predicted octanol–water partition coefficient (Wildman–Crippen LogP) is 5.67. The second-order valence-electron chi connectivity index (χ2n) is 10.2. The molecular weight excluding hydrogens is 340 g/mol. The summed E-state index contributed by atoms with van der Waals surface area (Å²) < 4.78 is 11.4. The Morgan fingerprint density at radius 3 is 1.30 bits per heavy atom. The first-order chi connectivity index (χ1) is 12.5. The minimum Gasteiger partial charge on any atom is -0.459 e. The van der Waals surface area contributed by atoms with Gasteiger partial charge >= 0.3 is 11.9 Å². The van der Waals surface area contributed by atoms with Crippen LogP contribution < -0.4 is 0 Å². The van der Waals surface area contributed by atoms with Crippen LogP contribution in [0.5, 0.6) is 0 Å². The number of ether oxygens (including phenoxy) is 2. The van der Waals surface area contributed by atoms with Gasteiger partial charge in [0.2, 0.25) is 0 Å². The molecule has 0 spiro atoms. The van der Waals surface area contributed by atoms with E-state index in [-0.39, 0.29) is 6.42 Å². The summed E-state index contributed by atoms with van der Waals surface area (Å²) in [5, 5.41) is 0. The second kappa shape index (κ2) is 8.96. The van der Waals surface area contributed by atoms with E-state index in [9.17, 15) is 9.59 Å². The minimum absolute atomic E-state index is 0.271. The molecule has 0 saturated heterocycles. The van der Waals surface area contributed by atoms with Crippen molar-refractivity contribution >= 4 is 11.9 Å². The maximum absolute atomic E-state index is 12.3. The first kappa shape index (κ1) is 22.2. The maximum Gasteiger partial charge on any atom is 0.317 e. The van der Waals surface area contributed by atoms with Gasteiger partial charge in [0.15, 0.2) is 0 Å². The summed E-state index contributed by atoms with van der Waals surface area (Å²) in [5.41, 5.74) is -0.857. The number of rotatable bonds is 6. The Hall–Kier alpha value is -1.06. The molecule has 0 aliphatic heterocycles. The minimum atomic E-state index is -0.440. The molecule has 27 heavy (non-hydrogen) atoms. The summed E-state index contributed by atoms with van der Waals surface area (Å²) in [4.78, 5) is 24.6. The van der Waals surface area contributed by atoms with E-state index in [0.717, 1.165) is 51.4 Å². The smallest absolute Gasteiger partial charge is 0.317 e. The summed E-state index contributed by atoms with van der Waals surface area (Å²) in [5.74, 6) is 1.89. The lowest BCUT2D eigenvalue weighted by Crippen LogP contribution is -2.39. The zero-order valence-corrected chi connectivity index (χ0v) is 18.3. The Balaban J connectivity index is 1.76. The van der Waals surface area contributed by atoms with Crippen LogP contribution in [-0.2, 0) is 19.1 Å². The molecular formula is C23H40O4. The molecule has 0 bridgehead atoms. The lowest BCUT2D eigenvalue weighted by molar-refractivity contribution is -0.174. The van der Waals surface area contributed by atoms with E-state index < -0.39 is 23.1 Å². The van der Waals surface area contributed by atoms with Gasteiger partial charge in [0.25, 0.3) is 0 Å². The molecule has 2 aliphatic rings. The van der Waals surface area contributed by atoms with Crippen molar-refractivity contribution in [2.75, 3.05) is 0 Å². The summed E-state index contributed by atoms with van der Waals surface area (Å²) in [7, 11) is 0. The van der Waals surface area contributed by atoms with Crippen LogP contribution in [-0.4, -0.2) is 23.1 Å². The second-order valence-corrected chi connectivity index (χ2v) is 10.2. The molecule has 156 valence electrons. The Kier molecular flexibility index (Phi) is 7.38. The van der Waals surface area contributed by atoms with E-state index in [1.165, 1.54) is 0 Å². The van der Waals surface area contributed by atoms with Gasteiger partial charge in [-0.15, -0.1) is 0 Å². The molecule has 2 aliphatic carbocycles. The van der Waals surface area contributed by atoms with Crippen LogP contribution in [0, 0.1) is 23.7 Å². The molecule has 2 saturated carbocycles. The van der Waals surface area contributed by atoms with Gasteiger partial charge in [0.05, 0.1) is 0 Å². The highest BCUT2D eigenvalue weighted by molar-refractivity contribution is 5.91. The van der Waals surface area contributed by atoms with Crippen molar-refractivity contribution < 1.29 is 19.1 Å². The first-order valence-corrected chi connectivity index (χ1v) is 11.0. The number of carbonyl (C=O) groups is 2. The molecule has 4 nitrogen and oxygen atoms in total. The monoisotopic (exact) mass is 380 g/mol. The third-order valence-corrected chi connectivity index (χ3v) is 7.07. The van der Waals surface area contributed by atoms with Crippen LogP contribution in [0.4, 0.5) is 0 Å². The molecule has 0 aromatic carbocycles. The van der Waals surface area contributed by atoms with Crippen molar-refractivity contribution in [3.05, 3.63) is 0 Å². The topological polar surface area (TPSA) is 52.6 Å². The lowest BCUT2D eigenvalue weighted by atomic mass is 9.75. The third kappa shape index (κ3) is 6.50. The van der Waals surface area contributed by atoms with Gasteiger partial charge in [-0.05, 0) is 88.9 Å². The van der Waals surface area contributed by atoms with Crippen LogP contribution in [0.3, 0.4) is 0 Å². The van der Waals surface area contributed by atoms with E-state index in [2.05, 4.69) is 27.7 Å². The van der Waals surface area contributed by atoms with Gasteiger partial charge < -0.3 is 9.47 Å². The maximum atomic E-state index is 12.3. The van der Waals surface area contributed by atoms with Gasteiger partial charge in [0, 0.05) is 0 Å². The summed E-state index contributed by atoms with van der Waals surface area (Å²) in [6.07, 6.45) is 7.59. The number of esters is 2. The molecule has 0 unspecified atom stereocenters. The average molecular weight is 381 g/mol. The van der Waals surface area contributed by atoms with Crippen molar-refractivity contribution in [2.24, 2.45) is 23.7 Å². The van der Waals surface area contributed by atoms with Crippen molar-refractivity contribution in [1.82, 2.24) is 0 Å². The van der Waals surface area contributed by atoms with Gasteiger partial charge in [-0.2, -0.15) is 0 Å². The van der Waals surface area contributed by atoms with E-state index in [1.54, 1.807) is 0 Å². The van der Waals surface area contributed by atoms with E-state index in [4.69, 9.17) is 9.47 Å². The zero-order chi connectivity index (χ0) is 20.2. The Morgan fingerprint density at radius 1 is 0.741 bits per heavy atom. The van der Waals surface area contributed by atoms with Crippen molar-refractivity contribution in [2.45, 2.75) is 111 Å². The third-order valence-electron chi connectivity index (χ3n) is 7.07. The Morgan fingerprint density at radius 2 is 1.04 bits per heavy atom. The lowest BCUT2D eigenvalue weighted by Gasteiger charge is -2.39. The van der Waals surface area contributed by atoms with Gasteiger partial charge in [0.1, 0.15) is 17.6 Å². The number of carbonyl (C=O) groups excluding carboxylic acids is 2. The highest BCUT2D eigenvalue weighted by Gasteiger charge is 2.38. The van der Waals surface area contributed by atoms with Gasteiger partial charge in [-0.3, -0.25) is 9.59 Å². The fraction of sp³-hybridized carbons (Fsp3) is 0.913. The Bertz CT molecular complexity index is 460. The molecule has 0 N–H and O–H groups in total. The summed E-state index contributed by atoms with van der Waals surface area (Å²) >= 11 is 0. The van der Waals surface area contributed by atoms with E-state index in [1.807, 2.05) is 13.8 Å². The first-order valence-electron chi connectivity index (χ1n) is 11.0. The predicted molar refractivity (Wildman–Crippen MR) is 107 cm³/mol. The average Bonchev–Trinajstić information content (AvgIpc) is 2.54. The highest BCUT2D eigenvalue weighted by Crippen LogP contribution is 2.39. The highest BCUT2D eigenvalue weighted by atomic mass is 16.6. The van der Waals surface area contributed by atoms with Crippen LogP contribution in [0.25, 0.3) is 0 Å². The van der Waals surface area contributed by atoms with Crippen LogP contribution in [0.1, 0.15) is 99.3 Å². The molecule has 0 radical (unpaired) electrons. The molecule has 0 heterocycles. The number of hydrogen-bond acceptors (Lipinski definition) is 4. The molecule has 0 amide bonds. The largest absolute Gasteiger partial charge is 0.459 e. The standard InChI is InChI=1S/C23H40O4/c1-16(2)18-7-11-22(5,12-8-18)26-20(24)15-21(25)27-23(6)13-9-19(10-14-23)17(3)4/h16-19H,7-15H2,1-6H3. The summed E-state index contributed by atoms with van der Waals surface area (Å²) in [6.45, 7) is 13.0. The fourth-order valence-electron chi connectivity index (χ4n) is 4.78. The van der Waals surface area contributed by atoms with Crippen LogP contribution in [0.15, 0.2) is 0 Å². The molecule has 0 aromatic rings. The zero-order valence-electron chi connectivity index (χ0n) is 18.3. The quantitative estimate of drug-likeness (QED) is 0.440. The van der Waals surface area contributed by atoms with Crippen molar-refractivity contribution in [3.63, 3.8) is 0 Å². The Labute approximate surface area is 165 Å². The molecule has 0 aromatic heterocycles. The van der Waals surface area contributed by atoms with Crippen molar-refractivity contribution in [1.29, 1.82) is 0 Å².